The van der Waals surface area contributed by atoms with Gasteiger partial charge in [0, 0.05) is 42.3 Å². The Morgan fingerprint density at radius 1 is 0.734 bits per heavy atom. The number of aliphatic hydroxyl groups is 1. The standard InChI is InChI=1S/C30H53NO11.C18H21NO3/c1-3-4-9-31-29-7-5-28(6-8-29)30(32)42-27-26-41-25-24-40-23-22-39-21-20-38-19-18-37-17-16-36-15-14-35-13-12-34-11-10-33-2;1-19-8-7-18-11-4-5-13(20)17(18)22-16-14(21-2)6-3-10(15(16)18)9-12(11)19/h5-8,31H,3-4,9-27H2,1-2H3;3-6,11-13,17,20H,7-9H2,1-2H3/t;11-,12+,13-,17-,18-/m.0/s1. The number of nitrogens with one attached hydrogen (secondary N) is 1. The van der Waals surface area contributed by atoms with Crippen molar-refractivity contribution in [3.63, 3.8) is 0 Å². The van der Waals surface area contributed by atoms with Crippen molar-refractivity contribution < 1.29 is 66.7 Å². The van der Waals surface area contributed by atoms with Gasteiger partial charge >= 0.3 is 5.97 Å². The molecule has 4 aliphatic rings. The highest BCUT2D eigenvalue weighted by Crippen LogP contribution is 2.62. The van der Waals surface area contributed by atoms with Crippen molar-refractivity contribution in [2.45, 2.75) is 56.3 Å². The minimum atomic E-state index is -0.539. The van der Waals surface area contributed by atoms with Crippen LogP contribution in [0.2, 0.25) is 0 Å². The fraction of sp³-hybridized carbons (Fsp3) is 0.688. The van der Waals surface area contributed by atoms with Gasteiger partial charge in [-0.2, -0.15) is 0 Å². The third-order valence-electron chi connectivity index (χ3n) is 11.8. The Hall–Kier alpha value is -3.39. The first kappa shape index (κ1) is 51.6. The molecule has 64 heavy (non-hydrogen) atoms. The molecule has 0 radical (unpaired) electrons. The summed E-state index contributed by atoms with van der Waals surface area (Å²) >= 11 is 0. The van der Waals surface area contributed by atoms with E-state index in [9.17, 15) is 9.90 Å². The van der Waals surface area contributed by atoms with Gasteiger partial charge in [0.1, 0.15) is 18.8 Å². The van der Waals surface area contributed by atoms with E-state index in [4.69, 9.17) is 56.8 Å². The van der Waals surface area contributed by atoms with Crippen molar-refractivity contribution in [3.8, 4) is 11.5 Å². The van der Waals surface area contributed by atoms with Gasteiger partial charge in [0.15, 0.2) is 11.5 Å². The molecule has 2 aliphatic carbocycles. The largest absolute Gasteiger partial charge is 0.493 e. The summed E-state index contributed by atoms with van der Waals surface area (Å²) < 4.78 is 65.3. The first-order valence-electron chi connectivity index (χ1n) is 23.0. The number of methoxy groups -OCH3 is 2. The van der Waals surface area contributed by atoms with Crippen LogP contribution in [0.4, 0.5) is 5.69 Å². The van der Waals surface area contributed by atoms with E-state index in [0.717, 1.165) is 56.0 Å². The van der Waals surface area contributed by atoms with Crippen molar-refractivity contribution in [3.05, 3.63) is 65.2 Å². The number of piperidine rings is 1. The zero-order valence-corrected chi connectivity index (χ0v) is 38.6. The monoisotopic (exact) mass is 903 g/mol. The van der Waals surface area contributed by atoms with Crippen LogP contribution in [0.1, 0.15) is 47.7 Å². The van der Waals surface area contributed by atoms with Gasteiger partial charge in [-0.3, -0.25) is 0 Å². The number of esters is 1. The molecular formula is C48H74N2O14. The van der Waals surface area contributed by atoms with Gasteiger partial charge in [0.2, 0.25) is 0 Å². The molecule has 6 rings (SSSR count). The van der Waals surface area contributed by atoms with Crippen LogP contribution in [0.25, 0.3) is 0 Å². The molecule has 16 heteroatoms. The number of hydrogen-bond acceptors (Lipinski definition) is 16. The van der Waals surface area contributed by atoms with Crippen molar-refractivity contribution in [1.29, 1.82) is 0 Å². The quantitative estimate of drug-likeness (QED) is 0.0591. The number of ether oxygens (including phenoxy) is 12. The van der Waals surface area contributed by atoms with Crippen LogP contribution in [0.3, 0.4) is 0 Å². The van der Waals surface area contributed by atoms with Crippen molar-refractivity contribution >= 4 is 11.7 Å². The SMILES string of the molecule is CCCCNc1ccc(C(=O)OCCOCCOCCOCCOCCOCCOCCOCCOCCOC)cc1.COc1ccc2c3c1O[C@H]1[C@@H](O)C=C[C@H]4[C@@H](C2)N(C)CC[C@@]341. The summed E-state index contributed by atoms with van der Waals surface area (Å²) in [7, 11) is 5.55. The number of aliphatic hydroxyl groups excluding tert-OH is 1. The molecular weight excluding hydrogens is 829 g/mol. The summed E-state index contributed by atoms with van der Waals surface area (Å²) in [4.78, 5) is 14.6. The highest BCUT2D eigenvalue weighted by atomic mass is 16.6. The zero-order valence-electron chi connectivity index (χ0n) is 38.6. The lowest BCUT2D eigenvalue weighted by atomic mass is 9.53. The second-order valence-corrected chi connectivity index (χ2v) is 16.0. The Kier molecular flexibility index (Phi) is 23.6. The Bertz CT molecular complexity index is 1630. The summed E-state index contributed by atoms with van der Waals surface area (Å²) in [6, 6.07) is 12.0. The maximum absolute atomic E-state index is 12.1. The van der Waals surface area contributed by atoms with Crippen LogP contribution in [0.15, 0.2) is 48.6 Å². The molecule has 16 nitrogen and oxygen atoms in total. The van der Waals surface area contributed by atoms with Gasteiger partial charge in [-0.15, -0.1) is 0 Å². The van der Waals surface area contributed by atoms with E-state index in [1.165, 1.54) is 11.1 Å². The number of anilines is 1. The van der Waals surface area contributed by atoms with Gasteiger partial charge in [-0.25, -0.2) is 4.79 Å². The van der Waals surface area contributed by atoms with Crippen LogP contribution < -0.4 is 14.8 Å². The van der Waals surface area contributed by atoms with E-state index < -0.39 is 6.10 Å². The lowest BCUT2D eigenvalue weighted by molar-refractivity contribution is -0.0453. The van der Waals surface area contributed by atoms with Crippen molar-refractivity contribution in [2.24, 2.45) is 5.92 Å². The lowest BCUT2D eigenvalue weighted by Gasteiger charge is -2.56. The lowest BCUT2D eigenvalue weighted by Crippen LogP contribution is -2.64. The molecule has 2 aromatic rings. The van der Waals surface area contributed by atoms with E-state index in [1.807, 2.05) is 24.3 Å². The number of carbonyl (C=O) groups is 1. The smallest absolute Gasteiger partial charge is 0.338 e. The van der Waals surface area contributed by atoms with Crippen LogP contribution in [0.5, 0.6) is 11.5 Å². The number of carbonyl (C=O) groups excluding carboxylic acids is 1. The fourth-order valence-electron chi connectivity index (χ4n) is 8.58. The van der Waals surface area contributed by atoms with Crippen LogP contribution in [-0.4, -0.2) is 188 Å². The molecule has 0 saturated carbocycles. The summed E-state index contributed by atoms with van der Waals surface area (Å²) in [5.74, 6) is 1.73. The Labute approximate surface area is 380 Å². The number of likely N-dealkylation sites (N-methyl/N-ethyl adjacent to an activating group) is 1. The maximum Gasteiger partial charge on any atom is 0.338 e. The highest BCUT2D eigenvalue weighted by Gasteiger charge is 2.64. The number of unbranched alkanes of at least 4 members (excludes halogenated alkanes) is 1. The maximum atomic E-state index is 12.1. The molecule has 0 amide bonds. The zero-order chi connectivity index (χ0) is 45.2. The molecule has 360 valence electrons. The number of rotatable bonds is 33. The molecule has 1 saturated heterocycles. The number of hydrogen-bond donors (Lipinski definition) is 2. The third kappa shape index (κ3) is 15.3. The van der Waals surface area contributed by atoms with Gasteiger partial charge in [0.25, 0.3) is 0 Å². The summed E-state index contributed by atoms with van der Waals surface area (Å²) in [6.45, 7) is 12.8. The van der Waals surface area contributed by atoms with Gasteiger partial charge in [-0.1, -0.05) is 31.6 Å². The average molecular weight is 903 g/mol. The first-order chi connectivity index (χ1) is 31.4. The summed E-state index contributed by atoms with van der Waals surface area (Å²) in [6.07, 6.45) is 7.78. The van der Waals surface area contributed by atoms with E-state index in [0.29, 0.717) is 130 Å². The van der Waals surface area contributed by atoms with Crippen molar-refractivity contribution in [2.75, 3.05) is 159 Å². The number of benzene rings is 2. The van der Waals surface area contributed by atoms with Gasteiger partial charge in [-0.05, 0) is 68.8 Å². The minimum Gasteiger partial charge on any atom is -0.493 e. The average Bonchev–Trinajstić information content (AvgIpc) is 3.67. The fourth-order valence-corrected chi connectivity index (χ4v) is 8.58. The molecule has 2 aromatic carbocycles. The first-order valence-corrected chi connectivity index (χ1v) is 23.0. The third-order valence-corrected chi connectivity index (χ3v) is 11.8. The second-order valence-electron chi connectivity index (χ2n) is 16.0. The topological polar surface area (TPSA) is 163 Å². The molecule has 0 unspecified atom stereocenters. The Morgan fingerprint density at radius 2 is 1.27 bits per heavy atom. The molecule has 1 fully saturated rings. The number of likely N-dealkylation sites (tertiary alicyclic amines) is 1. The van der Waals surface area contributed by atoms with E-state index in [1.54, 1.807) is 26.4 Å². The Balaban J connectivity index is 0.000000287. The molecule has 2 N–H and O–H groups in total. The molecule has 1 spiro atoms. The molecule has 2 bridgehead atoms. The Morgan fingerprint density at radius 3 is 1.78 bits per heavy atom. The molecule has 2 aliphatic heterocycles. The summed E-state index contributed by atoms with van der Waals surface area (Å²) in [5, 5.41) is 13.9. The predicted octanol–water partition coefficient (Wildman–Crippen LogP) is 4.34. The molecule has 2 heterocycles. The van der Waals surface area contributed by atoms with Gasteiger partial charge < -0.3 is 72.2 Å². The highest BCUT2D eigenvalue weighted by molar-refractivity contribution is 5.89. The molecule has 5 atom stereocenters. The van der Waals surface area contributed by atoms with E-state index >= 15 is 0 Å². The van der Waals surface area contributed by atoms with Crippen LogP contribution >= 0.6 is 0 Å². The van der Waals surface area contributed by atoms with E-state index in [-0.39, 0.29) is 24.1 Å². The molecule has 0 aromatic heterocycles. The van der Waals surface area contributed by atoms with Crippen LogP contribution in [0, 0.1) is 5.92 Å². The number of nitrogens with zero attached hydrogens (tertiary/aromatic N) is 1. The predicted molar refractivity (Wildman–Crippen MR) is 241 cm³/mol. The normalized spacial score (nSPS) is 21.5. The van der Waals surface area contributed by atoms with Crippen LogP contribution in [-0.2, 0) is 59.2 Å². The summed E-state index contributed by atoms with van der Waals surface area (Å²) in [5.41, 5.74) is 4.12. The van der Waals surface area contributed by atoms with Gasteiger partial charge in [0.05, 0.1) is 125 Å². The van der Waals surface area contributed by atoms with Crippen molar-refractivity contribution in [1.82, 2.24) is 4.90 Å². The van der Waals surface area contributed by atoms with E-state index in [2.05, 4.69) is 36.3 Å². The second kappa shape index (κ2) is 29.3. The minimum absolute atomic E-state index is 0.0806.